The van der Waals surface area contributed by atoms with Crippen LogP contribution in [-0.2, 0) is 0 Å². The fraction of sp³-hybridized carbons (Fsp3) is 0.188. The van der Waals surface area contributed by atoms with Crippen molar-refractivity contribution in [3.8, 4) is 5.75 Å². The second kappa shape index (κ2) is 7.43. The maximum absolute atomic E-state index is 12.5. The van der Waals surface area contributed by atoms with Crippen LogP contribution < -0.4 is 4.74 Å². The van der Waals surface area contributed by atoms with Gasteiger partial charge in [-0.15, -0.1) is 0 Å². The summed E-state index contributed by atoms with van der Waals surface area (Å²) < 4.78 is 7.07. The third-order valence-corrected chi connectivity index (χ3v) is 4.38. The van der Waals surface area contributed by atoms with Crippen LogP contribution in [0.2, 0.25) is 5.02 Å². The molecule has 2 rings (SSSR count). The molecule has 5 heteroatoms. The highest BCUT2D eigenvalue weighted by Gasteiger charge is 2.15. The lowest BCUT2D eigenvalue weighted by molar-refractivity contribution is 0.103. The van der Waals surface area contributed by atoms with E-state index in [9.17, 15) is 4.79 Å². The van der Waals surface area contributed by atoms with Crippen LogP contribution in [0, 0.1) is 0 Å². The highest BCUT2D eigenvalue weighted by atomic mass is 79.9. The molecule has 0 aliphatic heterocycles. The molecule has 110 valence electrons. The Labute approximate surface area is 145 Å². The van der Waals surface area contributed by atoms with E-state index in [-0.39, 0.29) is 5.78 Å². The highest BCUT2D eigenvalue weighted by molar-refractivity contribution is 9.10. The van der Waals surface area contributed by atoms with Gasteiger partial charge in [0.05, 0.1) is 11.1 Å². The predicted molar refractivity (Wildman–Crippen MR) is 92.5 cm³/mol. The van der Waals surface area contributed by atoms with Crippen LogP contribution >= 0.6 is 43.5 Å². The Morgan fingerprint density at radius 1 is 1.14 bits per heavy atom. The molecule has 2 aromatic carbocycles. The molecule has 0 bridgehead atoms. The number of carbonyl (C=O) groups excluding carboxylic acids is 1. The molecule has 0 aliphatic carbocycles. The summed E-state index contributed by atoms with van der Waals surface area (Å²) in [6.07, 6.45) is 0.933. The van der Waals surface area contributed by atoms with Crippen LogP contribution in [0.15, 0.2) is 45.3 Å². The molecule has 21 heavy (non-hydrogen) atoms. The molecule has 2 nitrogen and oxygen atoms in total. The number of ketones is 1. The van der Waals surface area contributed by atoms with Gasteiger partial charge in [0.25, 0.3) is 0 Å². The summed E-state index contributed by atoms with van der Waals surface area (Å²) in [5.41, 5.74) is 1.12. The molecule has 0 spiro atoms. The normalized spacial score (nSPS) is 10.5. The van der Waals surface area contributed by atoms with Crippen LogP contribution in [0.1, 0.15) is 29.3 Å². The lowest BCUT2D eigenvalue weighted by atomic mass is 10.0. The van der Waals surface area contributed by atoms with Crippen molar-refractivity contribution >= 4 is 49.2 Å². The summed E-state index contributed by atoms with van der Waals surface area (Å²) in [6.45, 7) is 2.69. The van der Waals surface area contributed by atoms with Crippen molar-refractivity contribution < 1.29 is 9.53 Å². The van der Waals surface area contributed by atoms with E-state index >= 15 is 0 Å². The molecule has 0 heterocycles. The molecule has 0 saturated heterocycles. The van der Waals surface area contributed by atoms with Gasteiger partial charge in [0.1, 0.15) is 5.75 Å². The molecule has 0 aliphatic rings. The van der Waals surface area contributed by atoms with Crippen LogP contribution in [-0.4, -0.2) is 12.4 Å². The summed E-state index contributed by atoms with van der Waals surface area (Å²) in [7, 11) is 0. The number of hydrogen-bond acceptors (Lipinski definition) is 2. The molecule has 0 fully saturated rings. The molecule has 0 aromatic heterocycles. The maximum Gasteiger partial charge on any atom is 0.194 e. The average Bonchev–Trinajstić information content (AvgIpc) is 2.47. The molecule has 0 radical (unpaired) electrons. The fourth-order valence-electron chi connectivity index (χ4n) is 1.80. The third-order valence-electron chi connectivity index (χ3n) is 2.83. The number of benzene rings is 2. The van der Waals surface area contributed by atoms with Gasteiger partial charge in [-0.3, -0.25) is 4.79 Å². The largest absolute Gasteiger partial charge is 0.492 e. The quantitative estimate of drug-likeness (QED) is 0.551. The zero-order valence-corrected chi connectivity index (χ0v) is 15.3. The molecule has 2 aromatic rings. The Hall–Kier alpha value is -0.840. The summed E-state index contributed by atoms with van der Waals surface area (Å²) in [5.74, 6) is 0.644. The van der Waals surface area contributed by atoms with E-state index in [0.717, 1.165) is 21.1 Å². The second-order valence-corrected chi connectivity index (χ2v) is 6.59. The predicted octanol–water partition coefficient (Wildman–Crippen LogP) is 5.88. The number of rotatable bonds is 5. The van der Waals surface area contributed by atoms with E-state index in [2.05, 4.69) is 31.9 Å². The molecule has 0 amide bonds. The van der Waals surface area contributed by atoms with Gasteiger partial charge in [-0.1, -0.05) is 34.5 Å². The lowest BCUT2D eigenvalue weighted by Gasteiger charge is -2.09. The first-order chi connectivity index (χ1) is 10.0. The van der Waals surface area contributed by atoms with E-state index in [0.29, 0.717) is 22.8 Å². The van der Waals surface area contributed by atoms with Gasteiger partial charge in [0.2, 0.25) is 0 Å². The number of hydrogen-bond donors (Lipinski definition) is 0. The molecular formula is C16H13Br2ClO2. The zero-order valence-electron chi connectivity index (χ0n) is 11.3. The first-order valence-corrected chi connectivity index (χ1v) is 8.41. The lowest BCUT2D eigenvalue weighted by Crippen LogP contribution is -2.03. The van der Waals surface area contributed by atoms with Gasteiger partial charge < -0.3 is 4.74 Å². The van der Waals surface area contributed by atoms with Crippen molar-refractivity contribution in [3.63, 3.8) is 0 Å². The van der Waals surface area contributed by atoms with Crippen LogP contribution in [0.4, 0.5) is 0 Å². The first-order valence-electron chi connectivity index (χ1n) is 6.45. The summed E-state index contributed by atoms with van der Waals surface area (Å²) >= 11 is 12.8. The highest BCUT2D eigenvalue weighted by Crippen LogP contribution is 2.29. The van der Waals surface area contributed by atoms with Gasteiger partial charge in [-0.25, -0.2) is 0 Å². The van der Waals surface area contributed by atoms with E-state index in [4.69, 9.17) is 16.3 Å². The SMILES string of the molecule is CCCOc1ccc(C(=O)c2cc(Cl)ccc2Br)cc1Br. The van der Waals surface area contributed by atoms with Gasteiger partial charge in [0, 0.05) is 20.6 Å². The van der Waals surface area contributed by atoms with E-state index in [1.54, 1.807) is 36.4 Å². The zero-order chi connectivity index (χ0) is 15.4. The van der Waals surface area contributed by atoms with Crippen LogP contribution in [0.5, 0.6) is 5.75 Å². The summed E-state index contributed by atoms with van der Waals surface area (Å²) in [5, 5.41) is 0.531. The van der Waals surface area contributed by atoms with Gasteiger partial charge >= 0.3 is 0 Å². The van der Waals surface area contributed by atoms with Crippen molar-refractivity contribution in [1.82, 2.24) is 0 Å². The van der Waals surface area contributed by atoms with Crippen molar-refractivity contribution in [3.05, 3.63) is 61.5 Å². The van der Waals surface area contributed by atoms with Gasteiger partial charge in [-0.2, -0.15) is 0 Å². The Balaban J connectivity index is 2.31. The van der Waals surface area contributed by atoms with Crippen molar-refractivity contribution in [2.45, 2.75) is 13.3 Å². The fourth-order valence-corrected chi connectivity index (χ4v) is 2.89. The Kier molecular flexibility index (Phi) is 5.85. The van der Waals surface area contributed by atoms with Crippen LogP contribution in [0.25, 0.3) is 0 Å². The molecule has 0 N–H and O–H groups in total. The van der Waals surface area contributed by atoms with Crippen molar-refractivity contribution in [2.24, 2.45) is 0 Å². The maximum atomic E-state index is 12.5. The summed E-state index contributed by atoms with van der Waals surface area (Å²) in [6, 6.07) is 10.5. The minimum Gasteiger partial charge on any atom is -0.492 e. The molecular weight excluding hydrogens is 419 g/mol. The monoisotopic (exact) mass is 430 g/mol. The molecule has 0 unspecified atom stereocenters. The van der Waals surface area contributed by atoms with Crippen molar-refractivity contribution in [2.75, 3.05) is 6.61 Å². The van der Waals surface area contributed by atoms with E-state index < -0.39 is 0 Å². The van der Waals surface area contributed by atoms with Crippen molar-refractivity contribution in [1.29, 1.82) is 0 Å². The first kappa shape index (κ1) is 16.5. The third kappa shape index (κ3) is 4.09. The Bertz CT molecular complexity index is 671. The van der Waals surface area contributed by atoms with E-state index in [1.807, 2.05) is 6.92 Å². The topological polar surface area (TPSA) is 26.3 Å². The smallest absolute Gasteiger partial charge is 0.194 e. The minimum absolute atomic E-state index is 0.0906. The second-order valence-electron chi connectivity index (χ2n) is 4.45. The summed E-state index contributed by atoms with van der Waals surface area (Å²) in [4.78, 5) is 12.5. The van der Waals surface area contributed by atoms with Crippen LogP contribution in [0.3, 0.4) is 0 Å². The Morgan fingerprint density at radius 3 is 2.57 bits per heavy atom. The number of ether oxygens (including phenoxy) is 1. The standard InChI is InChI=1S/C16H13Br2ClO2/c1-2-7-21-15-6-3-10(8-14(15)18)16(20)12-9-11(19)4-5-13(12)17/h3-6,8-9H,2,7H2,1H3. The average molecular weight is 433 g/mol. The molecule has 0 saturated carbocycles. The number of halogens is 3. The van der Waals surface area contributed by atoms with E-state index in [1.165, 1.54) is 0 Å². The Morgan fingerprint density at radius 2 is 1.90 bits per heavy atom. The van der Waals surface area contributed by atoms with Gasteiger partial charge in [0.15, 0.2) is 5.78 Å². The molecule has 0 atom stereocenters. The van der Waals surface area contributed by atoms with Gasteiger partial charge in [-0.05, 0) is 58.7 Å². The minimum atomic E-state index is -0.0906. The number of carbonyl (C=O) groups is 1.